The molecule has 4 heterocycles. The van der Waals surface area contributed by atoms with E-state index in [1.165, 1.54) is 38.8 Å². The molecule has 0 radical (unpaired) electrons. The summed E-state index contributed by atoms with van der Waals surface area (Å²) in [6, 6.07) is 54.3. The maximum absolute atomic E-state index is 5.25. The van der Waals surface area contributed by atoms with E-state index in [1.807, 2.05) is 18.2 Å². The zero-order valence-corrected chi connectivity index (χ0v) is 26.9. The lowest BCUT2D eigenvalue weighted by Crippen LogP contribution is -2.38. The van der Waals surface area contributed by atoms with Crippen LogP contribution in [0.4, 0.5) is 0 Å². The minimum Gasteiger partial charge on any atom is -0.278 e. The molecule has 3 aromatic heterocycles. The molecular formula is C45H28N5+. The summed E-state index contributed by atoms with van der Waals surface area (Å²) < 4.78 is 4.56. The van der Waals surface area contributed by atoms with E-state index in [-0.39, 0.29) is 6.04 Å². The first kappa shape index (κ1) is 27.3. The Bertz CT molecular complexity index is 2820. The van der Waals surface area contributed by atoms with E-state index in [9.17, 15) is 0 Å². The largest absolute Gasteiger partial charge is 0.278 e. The molecule has 11 rings (SSSR count). The van der Waals surface area contributed by atoms with E-state index in [0.717, 1.165) is 38.7 Å². The van der Waals surface area contributed by atoms with Gasteiger partial charge in [-0.1, -0.05) is 103 Å². The highest BCUT2D eigenvalue weighted by molar-refractivity contribution is 6.11. The molecule has 50 heavy (non-hydrogen) atoms. The minimum atomic E-state index is 0.0464. The number of benzene rings is 6. The van der Waals surface area contributed by atoms with Gasteiger partial charge in [-0.3, -0.25) is 4.57 Å². The van der Waals surface area contributed by atoms with Gasteiger partial charge in [0.05, 0.1) is 11.0 Å². The van der Waals surface area contributed by atoms with Crippen molar-refractivity contribution in [3.63, 3.8) is 0 Å². The Kier molecular flexibility index (Phi) is 5.66. The molecule has 9 aromatic rings. The van der Waals surface area contributed by atoms with Crippen molar-refractivity contribution >= 4 is 21.8 Å². The summed E-state index contributed by atoms with van der Waals surface area (Å²) >= 11 is 0. The van der Waals surface area contributed by atoms with Gasteiger partial charge in [0, 0.05) is 45.2 Å². The second-order valence-electron chi connectivity index (χ2n) is 13.1. The Morgan fingerprint density at radius 1 is 0.420 bits per heavy atom. The molecule has 10 bridgehead atoms. The van der Waals surface area contributed by atoms with Crippen molar-refractivity contribution in [1.82, 2.24) is 19.5 Å². The summed E-state index contributed by atoms with van der Waals surface area (Å²) in [5.41, 5.74) is 13.7. The molecule has 5 nitrogen and oxygen atoms in total. The SMILES string of the molecule is c1ccc(-c2nc3nc(n2)-n2c4ccccc4c4cc5c(cc42)-c2cc(ccc2C5[n+]2ccccc2)-c2cccc(c2)-c2cccc-3c2)cc1. The van der Waals surface area contributed by atoms with Crippen LogP contribution in [0.2, 0.25) is 0 Å². The van der Waals surface area contributed by atoms with Gasteiger partial charge >= 0.3 is 0 Å². The number of hydrogen-bond acceptors (Lipinski definition) is 3. The van der Waals surface area contributed by atoms with Crippen molar-refractivity contribution < 1.29 is 4.57 Å². The van der Waals surface area contributed by atoms with Gasteiger partial charge in [0.1, 0.15) is 0 Å². The van der Waals surface area contributed by atoms with Crippen LogP contribution in [0.15, 0.2) is 164 Å². The molecule has 1 atom stereocenters. The Hall–Kier alpha value is -6.72. The van der Waals surface area contributed by atoms with Gasteiger partial charge in [0.2, 0.25) is 12.0 Å². The highest BCUT2D eigenvalue weighted by Gasteiger charge is 2.37. The fraction of sp³-hybridized carbons (Fsp3) is 0.0222. The number of aromatic nitrogens is 5. The highest BCUT2D eigenvalue weighted by Crippen LogP contribution is 2.48. The summed E-state index contributed by atoms with van der Waals surface area (Å²) in [5, 5.41) is 2.34. The summed E-state index contributed by atoms with van der Waals surface area (Å²) in [6.45, 7) is 0. The molecule has 1 unspecified atom stereocenters. The molecule has 5 heteroatoms. The van der Waals surface area contributed by atoms with E-state index in [2.05, 4.69) is 155 Å². The standard InChI is InChI=1S/C45H28N5/c1-3-11-28(12-4-1)43-46-44-33-16-10-15-31(24-33)29-13-9-14-30(23-29)32-19-20-35-36(25-32)37-27-41-38(26-39(37)42(35)49-21-7-2-8-22-49)34-17-5-6-18-40(34)50(41)45(47-43)48-44/h1-27,42H/q+1. The van der Waals surface area contributed by atoms with Crippen molar-refractivity contribution in [3.05, 3.63) is 175 Å². The monoisotopic (exact) mass is 638 g/mol. The maximum Gasteiger partial charge on any atom is 0.238 e. The molecule has 232 valence electrons. The van der Waals surface area contributed by atoms with Crippen LogP contribution in [0.3, 0.4) is 0 Å². The first-order chi connectivity index (χ1) is 24.8. The summed E-state index contributed by atoms with van der Waals surface area (Å²) in [5.74, 6) is 1.88. The highest BCUT2D eigenvalue weighted by atomic mass is 15.2. The van der Waals surface area contributed by atoms with Gasteiger partial charge in [0.25, 0.3) is 0 Å². The maximum atomic E-state index is 5.25. The van der Waals surface area contributed by atoms with Crippen LogP contribution in [0.25, 0.3) is 83.9 Å². The molecule has 1 aliphatic carbocycles. The number of hydrogen-bond donors (Lipinski definition) is 0. The van der Waals surface area contributed by atoms with Gasteiger partial charge in [0.15, 0.2) is 24.0 Å². The van der Waals surface area contributed by atoms with Crippen LogP contribution in [0, 0.1) is 0 Å². The molecule has 0 spiro atoms. The molecule has 1 aliphatic heterocycles. The lowest BCUT2D eigenvalue weighted by molar-refractivity contribution is -0.704. The van der Waals surface area contributed by atoms with Crippen molar-refractivity contribution in [3.8, 4) is 62.1 Å². The Labute approximate surface area is 288 Å². The first-order valence-electron chi connectivity index (χ1n) is 17.0. The van der Waals surface area contributed by atoms with Crippen LogP contribution in [-0.4, -0.2) is 19.5 Å². The third-order valence-electron chi connectivity index (χ3n) is 10.3. The van der Waals surface area contributed by atoms with E-state index in [0.29, 0.717) is 17.6 Å². The fourth-order valence-electron chi connectivity index (χ4n) is 8.01. The van der Waals surface area contributed by atoms with Gasteiger partial charge in [-0.15, -0.1) is 0 Å². The van der Waals surface area contributed by atoms with Gasteiger partial charge in [-0.25, -0.2) is 4.98 Å². The van der Waals surface area contributed by atoms with Crippen LogP contribution in [0.5, 0.6) is 0 Å². The van der Waals surface area contributed by atoms with Crippen LogP contribution >= 0.6 is 0 Å². The minimum absolute atomic E-state index is 0.0464. The van der Waals surface area contributed by atoms with E-state index in [1.54, 1.807) is 0 Å². The topological polar surface area (TPSA) is 47.5 Å². The molecule has 0 fully saturated rings. The van der Waals surface area contributed by atoms with Crippen LogP contribution in [-0.2, 0) is 0 Å². The Balaban J connectivity index is 1.30. The number of para-hydroxylation sites is 1. The molecule has 0 saturated carbocycles. The number of fused-ring (bicyclic) bond motifs is 14. The molecule has 6 aromatic carbocycles. The lowest BCUT2D eigenvalue weighted by atomic mass is 9.95. The average Bonchev–Trinajstić information content (AvgIpc) is 3.69. The second-order valence-corrected chi connectivity index (χ2v) is 13.1. The van der Waals surface area contributed by atoms with E-state index >= 15 is 0 Å². The third-order valence-corrected chi connectivity index (χ3v) is 10.3. The quantitative estimate of drug-likeness (QED) is 0.177. The summed E-state index contributed by atoms with van der Waals surface area (Å²) in [4.78, 5) is 15.5. The average molecular weight is 639 g/mol. The van der Waals surface area contributed by atoms with E-state index in [4.69, 9.17) is 15.0 Å². The predicted molar refractivity (Wildman–Crippen MR) is 199 cm³/mol. The van der Waals surface area contributed by atoms with Gasteiger partial charge < -0.3 is 0 Å². The Morgan fingerprint density at radius 2 is 1.04 bits per heavy atom. The van der Waals surface area contributed by atoms with Gasteiger partial charge in [-0.05, 0) is 69.8 Å². The zero-order valence-electron chi connectivity index (χ0n) is 26.9. The van der Waals surface area contributed by atoms with E-state index < -0.39 is 0 Å². The van der Waals surface area contributed by atoms with Crippen molar-refractivity contribution in [2.24, 2.45) is 0 Å². The molecule has 0 amide bonds. The smallest absolute Gasteiger partial charge is 0.238 e. The fourth-order valence-corrected chi connectivity index (χ4v) is 8.01. The normalized spacial score (nSPS) is 13.8. The van der Waals surface area contributed by atoms with Crippen LogP contribution < -0.4 is 4.57 Å². The second kappa shape index (κ2) is 10.4. The molecule has 0 saturated heterocycles. The van der Waals surface area contributed by atoms with Crippen molar-refractivity contribution in [2.75, 3.05) is 0 Å². The first-order valence-corrected chi connectivity index (χ1v) is 17.0. The number of nitrogens with zero attached hydrogens (tertiary/aromatic N) is 5. The summed E-state index contributed by atoms with van der Waals surface area (Å²) in [7, 11) is 0. The summed E-state index contributed by atoms with van der Waals surface area (Å²) in [6.07, 6.45) is 4.35. The Morgan fingerprint density at radius 3 is 1.84 bits per heavy atom. The number of pyridine rings is 1. The lowest BCUT2D eigenvalue weighted by Gasteiger charge is -2.13. The van der Waals surface area contributed by atoms with Crippen molar-refractivity contribution in [2.45, 2.75) is 6.04 Å². The zero-order chi connectivity index (χ0) is 32.8. The molecular weight excluding hydrogens is 611 g/mol. The van der Waals surface area contributed by atoms with Crippen molar-refractivity contribution in [1.29, 1.82) is 0 Å². The molecule has 2 aliphatic rings. The number of rotatable bonds is 2. The predicted octanol–water partition coefficient (Wildman–Crippen LogP) is 9.86. The van der Waals surface area contributed by atoms with Gasteiger partial charge in [-0.2, -0.15) is 14.5 Å². The van der Waals surface area contributed by atoms with Crippen LogP contribution in [0.1, 0.15) is 17.2 Å². The molecule has 0 N–H and O–H groups in total. The third kappa shape index (κ3) is 4.01.